The summed E-state index contributed by atoms with van der Waals surface area (Å²) in [6, 6.07) is 1.69. The fraction of sp³-hybridized carbons (Fsp3) is 0.667. The molecule has 1 aliphatic heterocycles. The van der Waals surface area contributed by atoms with E-state index < -0.39 is 0 Å². The summed E-state index contributed by atoms with van der Waals surface area (Å²) in [5.41, 5.74) is 5.72. The molecule has 1 saturated heterocycles. The third-order valence-corrected chi connectivity index (χ3v) is 3.74. The van der Waals surface area contributed by atoms with Gasteiger partial charge in [0, 0.05) is 18.8 Å². The maximum atomic E-state index is 11.9. The van der Waals surface area contributed by atoms with Gasteiger partial charge in [0.1, 0.15) is 0 Å². The highest BCUT2D eigenvalue weighted by molar-refractivity contribution is 6.30. The second kappa shape index (κ2) is 8.32. The van der Waals surface area contributed by atoms with Gasteiger partial charge in [0.25, 0.3) is 5.56 Å². The Morgan fingerprint density at radius 2 is 2.05 bits per heavy atom. The second-order valence-electron chi connectivity index (χ2n) is 5.38. The Morgan fingerprint density at radius 1 is 1.40 bits per heavy atom. The molecular weight excluding hydrogens is 274 g/mol. The smallest absolute Gasteiger partial charge is 0.274 e. The predicted octanol–water partition coefficient (Wildman–Crippen LogP) is 3.16. The van der Waals surface area contributed by atoms with Crippen LogP contribution < -0.4 is 11.3 Å². The van der Waals surface area contributed by atoms with Gasteiger partial charge in [-0.2, -0.15) is 0 Å². The zero-order chi connectivity index (χ0) is 15.1. The summed E-state index contributed by atoms with van der Waals surface area (Å²) in [5.74, 6) is 0. The van der Waals surface area contributed by atoms with Gasteiger partial charge in [-0.3, -0.25) is 4.79 Å². The van der Waals surface area contributed by atoms with Gasteiger partial charge in [0.2, 0.25) is 0 Å². The standard InChI is InChI=1S/C11H16ClN3O.C4H10/c1-14-4-2-3-9(7-14)15-6-8(12)5-10(13)11(15)16;1-3-4-2/h5-6,9H,2-4,7,13H2,1H3;3-4H2,1-2H3. The van der Waals surface area contributed by atoms with E-state index >= 15 is 0 Å². The number of aromatic nitrogens is 1. The van der Waals surface area contributed by atoms with Crippen molar-refractivity contribution in [1.82, 2.24) is 9.47 Å². The zero-order valence-corrected chi connectivity index (χ0v) is 13.5. The third-order valence-electron chi connectivity index (χ3n) is 3.53. The molecule has 114 valence electrons. The fourth-order valence-electron chi connectivity index (χ4n) is 2.23. The van der Waals surface area contributed by atoms with E-state index in [0.29, 0.717) is 5.02 Å². The summed E-state index contributed by atoms with van der Waals surface area (Å²) in [7, 11) is 2.06. The van der Waals surface area contributed by atoms with Crippen LogP contribution in [0.3, 0.4) is 0 Å². The van der Waals surface area contributed by atoms with E-state index in [4.69, 9.17) is 17.3 Å². The molecule has 1 aromatic rings. The molecule has 5 heteroatoms. The number of likely N-dealkylation sites (tertiary alicyclic amines) is 1. The highest BCUT2D eigenvalue weighted by Gasteiger charge is 2.20. The van der Waals surface area contributed by atoms with Crippen molar-refractivity contribution in [3.63, 3.8) is 0 Å². The molecule has 1 aliphatic rings. The molecular formula is C15H26ClN3O. The monoisotopic (exact) mass is 299 g/mol. The van der Waals surface area contributed by atoms with Crippen LogP contribution in [0.1, 0.15) is 45.6 Å². The van der Waals surface area contributed by atoms with Crippen molar-refractivity contribution in [1.29, 1.82) is 0 Å². The molecule has 1 unspecified atom stereocenters. The molecule has 1 aromatic heterocycles. The number of likely N-dealkylation sites (N-methyl/N-ethyl adjacent to an activating group) is 1. The van der Waals surface area contributed by atoms with Crippen LogP contribution in [0.25, 0.3) is 0 Å². The van der Waals surface area contributed by atoms with Crippen LogP contribution >= 0.6 is 11.6 Å². The lowest BCUT2D eigenvalue weighted by atomic mass is 10.1. The first-order valence-corrected chi connectivity index (χ1v) is 7.73. The normalized spacial score (nSPS) is 19.3. The van der Waals surface area contributed by atoms with Gasteiger partial charge >= 0.3 is 0 Å². The second-order valence-corrected chi connectivity index (χ2v) is 5.82. The van der Waals surface area contributed by atoms with Gasteiger partial charge in [0.05, 0.1) is 10.7 Å². The number of nitrogens with zero attached hydrogens (tertiary/aromatic N) is 2. The lowest BCUT2D eigenvalue weighted by Crippen LogP contribution is -2.38. The lowest BCUT2D eigenvalue weighted by Gasteiger charge is -2.31. The van der Waals surface area contributed by atoms with E-state index in [1.54, 1.807) is 10.8 Å². The number of nitrogens with two attached hydrogens (primary N) is 1. The van der Waals surface area contributed by atoms with E-state index in [9.17, 15) is 4.79 Å². The SMILES string of the molecule is CCCC.CN1CCCC(n2cc(Cl)cc(N)c2=O)C1. The van der Waals surface area contributed by atoms with Crippen molar-refractivity contribution < 1.29 is 0 Å². The molecule has 2 rings (SSSR count). The van der Waals surface area contributed by atoms with Crippen LogP contribution in [0.5, 0.6) is 0 Å². The number of halogens is 1. The summed E-state index contributed by atoms with van der Waals surface area (Å²) in [6.45, 7) is 6.32. The first kappa shape index (κ1) is 17.1. The van der Waals surface area contributed by atoms with Gasteiger partial charge in [-0.15, -0.1) is 0 Å². The van der Waals surface area contributed by atoms with Crippen molar-refractivity contribution >= 4 is 17.3 Å². The minimum absolute atomic E-state index is 0.135. The number of pyridine rings is 1. The Labute approximate surface area is 126 Å². The van der Waals surface area contributed by atoms with Gasteiger partial charge in [-0.25, -0.2) is 0 Å². The van der Waals surface area contributed by atoms with E-state index in [-0.39, 0.29) is 17.3 Å². The number of hydrogen-bond donors (Lipinski definition) is 1. The van der Waals surface area contributed by atoms with Crippen molar-refractivity contribution in [2.24, 2.45) is 0 Å². The van der Waals surface area contributed by atoms with E-state index in [2.05, 4.69) is 25.8 Å². The summed E-state index contributed by atoms with van der Waals surface area (Å²) in [6.07, 6.45) is 6.42. The van der Waals surface area contributed by atoms with Crippen LogP contribution in [-0.2, 0) is 0 Å². The predicted molar refractivity (Wildman–Crippen MR) is 86.5 cm³/mol. The number of rotatable bonds is 2. The topological polar surface area (TPSA) is 51.3 Å². The number of nitrogen functional groups attached to an aromatic ring is 1. The minimum Gasteiger partial charge on any atom is -0.394 e. The molecule has 0 saturated carbocycles. The molecule has 20 heavy (non-hydrogen) atoms. The molecule has 0 amide bonds. The maximum Gasteiger partial charge on any atom is 0.274 e. The minimum atomic E-state index is -0.135. The third kappa shape index (κ3) is 4.84. The average molecular weight is 300 g/mol. The molecule has 0 bridgehead atoms. The van der Waals surface area contributed by atoms with Crippen LogP contribution in [-0.4, -0.2) is 29.6 Å². The zero-order valence-electron chi connectivity index (χ0n) is 12.7. The van der Waals surface area contributed by atoms with Gasteiger partial charge in [-0.05, 0) is 32.5 Å². The van der Waals surface area contributed by atoms with E-state index in [1.165, 1.54) is 18.9 Å². The van der Waals surface area contributed by atoms with Crippen LogP contribution in [0.15, 0.2) is 17.1 Å². The molecule has 1 atom stereocenters. The fourth-order valence-corrected chi connectivity index (χ4v) is 2.45. The van der Waals surface area contributed by atoms with Gasteiger partial charge in [0.15, 0.2) is 0 Å². The summed E-state index contributed by atoms with van der Waals surface area (Å²) in [5, 5.41) is 0.519. The number of anilines is 1. The molecule has 1 fully saturated rings. The highest BCUT2D eigenvalue weighted by atomic mass is 35.5. The molecule has 0 radical (unpaired) electrons. The van der Waals surface area contributed by atoms with Crippen LogP contribution in [0.2, 0.25) is 5.02 Å². The van der Waals surface area contributed by atoms with Gasteiger partial charge in [-0.1, -0.05) is 38.3 Å². The van der Waals surface area contributed by atoms with E-state index in [0.717, 1.165) is 25.9 Å². The van der Waals surface area contributed by atoms with E-state index in [1.807, 2.05) is 0 Å². The summed E-state index contributed by atoms with van der Waals surface area (Å²) < 4.78 is 1.67. The molecule has 0 aliphatic carbocycles. The van der Waals surface area contributed by atoms with Crippen molar-refractivity contribution in [3.05, 3.63) is 27.6 Å². The number of unbranched alkanes of at least 4 members (excludes halogenated alkanes) is 1. The first-order chi connectivity index (χ1) is 9.49. The average Bonchev–Trinajstić information content (AvgIpc) is 2.43. The highest BCUT2D eigenvalue weighted by Crippen LogP contribution is 2.21. The van der Waals surface area contributed by atoms with Crippen molar-refractivity contribution in [3.8, 4) is 0 Å². The Balaban J connectivity index is 0.000000444. The van der Waals surface area contributed by atoms with Crippen LogP contribution in [0.4, 0.5) is 5.69 Å². The molecule has 2 heterocycles. The lowest BCUT2D eigenvalue weighted by molar-refractivity contribution is 0.209. The molecule has 2 N–H and O–H groups in total. The Kier molecular flexibility index (Phi) is 7.10. The Morgan fingerprint density at radius 3 is 2.60 bits per heavy atom. The van der Waals surface area contributed by atoms with Crippen LogP contribution in [0, 0.1) is 0 Å². The van der Waals surface area contributed by atoms with Gasteiger partial charge < -0.3 is 15.2 Å². The molecule has 0 aromatic carbocycles. The first-order valence-electron chi connectivity index (χ1n) is 7.35. The van der Waals surface area contributed by atoms with Crippen molar-refractivity contribution in [2.45, 2.75) is 45.6 Å². The summed E-state index contributed by atoms with van der Waals surface area (Å²) >= 11 is 5.92. The maximum absolute atomic E-state index is 11.9. The summed E-state index contributed by atoms with van der Waals surface area (Å²) in [4.78, 5) is 14.1. The Bertz CT molecular complexity index is 471. The Hall–Kier alpha value is -1.00. The molecule has 0 spiro atoms. The quantitative estimate of drug-likeness (QED) is 0.912. The number of piperidine rings is 1. The van der Waals surface area contributed by atoms with Crippen molar-refractivity contribution in [2.75, 3.05) is 25.9 Å². The largest absolute Gasteiger partial charge is 0.394 e. The molecule has 4 nitrogen and oxygen atoms in total. The number of hydrogen-bond acceptors (Lipinski definition) is 3.